The van der Waals surface area contributed by atoms with Crippen molar-refractivity contribution in [3.8, 4) is 0 Å². The van der Waals surface area contributed by atoms with Crippen LogP contribution in [0.25, 0.3) is 0 Å². The summed E-state index contributed by atoms with van der Waals surface area (Å²) in [5.74, 6) is -1.54. The van der Waals surface area contributed by atoms with Crippen LogP contribution in [0, 0.1) is 5.82 Å². The van der Waals surface area contributed by atoms with Gasteiger partial charge in [0.15, 0.2) is 0 Å². The van der Waals surface area contributed by atoms with Crippen molar-refractivity contribution in [2.24, 2.45) is 0 Å². The molecule has 1 aliphatic heterocycles. The summed E-state index contributed by atoms with van der Waals surface area (Å²) in [5, 5.41) is 10.3. The average Bonchev–Trinajstić information content (AvgIpc) is 3.50. The van der Waals surface area contributed by atoms with E-state index >= 15 is 0 Å². The van der Waals surface area contributed by atoms with Gasteiger partial charge in [-0.1, -0.05) is 29.3 Å². The molecule has 1 atom stereocenters. The minimum Gasteiger partial charge on any atom is -0.478 e. The van der Waals surface area contributed by atoms with Crippen LogP contribution in [-0.4, -0.2) is 41.8 Å². The first-order chi connectivity index (χ1) is 13.9. The minimum absolute atomic E-state index is 0. The summed E-state index contributed by atoms with van der Waals surface area (Å²) in [4.78, 5) is 13.5. The van der Waals surface area contributed by atoms with Gasteiger partial charge in [0, 0.05) is 19.6 Å². The summed E-state index contributed by atoms with van der Waals surface area (Å²) < 4.78 is 20.2. The van der Waals surface area contributed by atoms with E-state index in [2.05, 4.69) is 4.90 Å². The van der Waals surface area contributed by atoms with Crippen molar-refractivity contribution in [3.05, 3.63) is 68.4 Å². The summed E-state index contributed by atoms with van der Waals surface area (Å²) in [7, 11) is 0. The van der Waals surface area contributed by atoms with Gasteiger partial charge in [0.25, 0.3) is 0 Å². The number of morpholine rings is 1. The van der Waals surface area contributed by atoms with Crippen LogP contribution in [-0.2, 0) is 17.7 Å². The molecule has 0 radical (unpaired) electrons. The third-order valence-corrected chi connectivity index (χ3v) is 6.28. The molecule has 4 nitrogen and oxygen atoms in total. The molecule has 1 N–H and O–H groups in total. The second-order valence-electron chi connectivity index (χ2n) is 7.79. The zero-order chi connectivity index (χ0) is 20.5. The molecule has 162 valence electrons. The number of hydrogen-bond acceptors (Lipinski definition) is 3. The number of ether oxygens (including phenoxy) is 1. The minimum atomic E-state index is -1.22. The molecule has 2 fully saturated rings. The molecule has 30 heavy (non-hydrogen) atoms. The number of carbonyl (C=O) groups is 1. The summed E-state index contributed by atoms with van der Waals surface area (Å²) in [6, 6.07) is 8.52. The predicted molar refractivity (Wildman–Crippen MR) is 118 cm³/mol. The van der Waals surface area contributed by atoms with Crippen LogP contribution in [0.4, 0.5) is 4.39 Å². The van der Waals surface area contributed by atoms with Gasteiger partial charge >= 0.3 is 5.97 Å². The monoisotopic (exact) mass is 473 g/mol. The second kappa shape index (κ2) is 9.84. The molecule has 1 heterocycles. The molecule has 2 aliphatic rings. The fourth-order valence-electron chi connectivity index (χ4n) is 3.92. The molecule has 1 aliphatic carbocycles. The average molecular weight is 475 g/mol. The topological polar surface area (TPSA) is 49.8 Å². The molecular formula is C22H23Cl3FNO3. The zero-order valence-electron chi connectivity index (χ0n) is 16.2. The van der Waals surface area contributed by atoms with Crippen LogP contribution in [0.3, 0.4) is 0 Å². The Bertz CT molecular complexity index is 936. The van der Waals surface area contributed by atoms with Gasteiger partial charge in [-0.2, -0.15) is 0 Å². The molecule has 4 rings (SSSR count). The number of halogens is 4. The van der Waals surface area contributed by atoms with Gasteiger partial charge in [-0.05, 0) is 66.1 Å². The Morgan fingerprint density at radius 2 is 1.97 bits per heavy atom. The molecule has 0 bridgehead atoms. The van der Waals surface area contributed by atoms with Gasteiger partial charge in [-0.15, -0.1) is 12.4 Å². The van der Waals surface area contributed by atoms with Crippen molar-refractivity contribution in [3.63, 3.8) is 0 Å². The van der Waals surface area contributed by atoms with Crippen molar-refractivity contribution in [1.29, 1.82) is 0 Å². The Kier molecular flexibility index (Phi) is 7.64. The van der Waals surface area contributed by atoms with Gasteiger partial charge in [0.1, 0.15) is 5.82 Å². The van der Waals surface area contributed by atoms with E-state index in [1.165, 1.54) is 12.1 Å². The lowest BCUT2D eigenvalue weighted by Gasteiger charge is -2.33. The molecule has 1 saturated heterocycles. The maximum atomic E-state index is 14.3. The lowest BCUT2D eigenvalue weighted by Crippen LogP contribution is -2.43. The molecule has 0 spiro atoms. The maximum Gasteiger partial charge on any atom is 0.338 e. The number of carboxylic acids is 1. The van der Waals surface area contributed by atoms with Gasteiger partial charge < -0.3 is 9.84 Å². The normalized spacial score (nSPS) is 19.4. The third-order valence-electron chi connectivity index (χ3n) is 5.54. The zero-order valence-corrected chi connectivity index (χ0v) is 18.6. The lowest BCUT2D eigenvalue weighted by molar-refractivity contribution is -0.0305. The Morgan fingerprint density at radius 1 is 1.20 bits per heavy atom. The number of nitrogens with zero attached hydrogens (tertiary/aromatic N) is 1. The molecule has 8 heteroatoms. The van der Waals surface area contributed by atoms with Crippen molar-refractivity contribution >= 4 is 41.6 Å². The number of carboxylic acid groups (broad SMARTS) is 1. The van der Waals surface area contributed by atoms with E-state index in [1.807, 2.05) is 12.1 Å². The fourth-order valence-corrected chi connectivity index (χ4v) is 4.25. The first-order valence-corrected chi connectivity index (χ1v) is 10.5. The number of benzene rings is 2. The van der Waals surface area contributed by atoms with Crippen molar-refractivity contribution < 1.29 is 19.0 Å². The molecule has 2 aromatic rings. The van der Waals surface area contributed by atoms with Crippen LogP contribution < -0.4 is 0 Å². The summed E-state index contributed by atoms with van der Waals surface area (Å²) in [6.07, 6.45) is 2.78. The molecule has 0 amide bonds. The Hall–Kier alpha value is -1.37. The third kappa shape index (κ3) is 5.45. The maximum absolute atomic E-state index is 14.3. The molecule has 0 aromatic heterocycles. The van der Waals surface area contributed by atoms with E-state index in [4.69, 9.17) is 27.9 Å². The van der Waals surface area contributed by atoms with E-state index in [9.17, 15) is 14.3 Å². The highest BCUT2D eigenvalue weighted by molar-refractivity contribution is 6.42. The van der Waals surface area contributed by atoms with Crippen molar-refractivity contribution in [2.75, 3.05) is 19.7 Å². The van der Waals surface area contributed by atoms with Crippen molar-refractivity contribution in [1.82, 2.24) is 4.90 Å². The van der Waals surface area contributed by atoms with E-state index in [-0.39, 0.29) is 24.1 Å². The number of rotatable bonds is 6. The first kappa shape index (κ1) is 23.3. The fraction of sp³-hybridized carbons (Fsp3) is 0.409. The van der Waals surface area contributed by atoms with Gasteiger partial charge in [0.2, 0.25) is 0 Å². The van der Waals surface area contributed by atoms with E-state index in [0.717, 1.165) is 42.5 Å². The van der Waals surface area contributed by atoms with Crippen molar-refractivity contribution in [2.45, 2.75) is 37.8 Å². The number of aromatic carboxylic acids is 1. The van der Waals surface area contributed by atoms with Crippen LogP contribution in [0.1, 0.15) is 45.8 Å². The second-order valence-corrected chi connectivity index (χ2v) is 8.61. The van der Waals surface area contributed by atoms with Crippen LogP contribution in [0.2, 0.25) is 10.0 Å². The first-order valence-electron chi connectivity index (χ1n) is 9.74. The summed E-state index contributed by atoms with van der Waals surface area (Å²) >= 11 is 12.1. The van der Waals surface area contributed by atoms with Crippen LogP contribution in [0.5, 0.6) is 0 Å². The highest BCUT2D eigenvalue weighted by atomic mass is 35.5. The molecule has 0 unspecified atom stereocenters. The number of hydrogen-bond donors (Lipinski definition) is 1. The molecule has 1 saturated carbocycles. The summed E-state index contributed by atoms with van der Waals surface area (Å²) in [5.41, 5.74) is 2.67. The quantitative estimate of drug-likeness (QED) is 0.594. The largest absolute Gasteiger partial charge is 0.478 e. The van der Waals surface area contributed by atoms with E-state index in [0.29, 0.717) is 35.7 Å². The Morgan fingerprint density at radius 3 is 2.63 bits per heavy atom. The van der Waals surface area contributed by atoms with Gasteiger partial charge in [0.05, 0.1) is 28.3 Å². The van der Waals surface area contributed by atoms with E-state index < -0.39 is 11.8 Å². The highest BCUT2D eigenvalue weighted by Gasteiger charge is 2.30. The molecule has 2 aromatic carbocycles. The van der Waals surface area contributed by atoms with Crippen LogP contribution in [0.15, 0.2) is 30.3 Å². The highest BCUT2D eigenvalue weighted by Crippen LogP contribution is 2.42. The Balaban J connectivity index is 0.00000256. The summed E-state index contributed by atoms with van der Waals surface area (Å²) in [6.45, 7) is 2.65. The SMILES string of the molecule is Cl.O=C(O)c1cc(C2CC2)c(CN2CCO[C@@H](Cc3ccc(Cl)c(Cl)c3)C2)cc1F. The van der Waals surface area contributed by atoms with Crippen LogP contribution >= 0.6 is 35.6 Å². The smallest absolute Gasteiger partial charge is 0.338 e. The standard InChI is InChI=1S/C22H22Cl2FNO3.ClH/c23-19-4-1-13(8-20(19)24)7-16-12-26(5-6-29-16)11-15-9-21(25)18(22(27)28)10-17(15)14-2-3-14;/h1,4,8-10,14,16H,2-3,5-7,11-12H2,(H,27,28);1H/t16-;/m0./s1. The molecular weight excluding hydrogens is 452 g/mol. The van der Waals surface area contributed by atoms with E-state index in [1.54, 1.807) is 6.07 Å². The Labute approximate surface area is 191 Å². The van der Waals surface area contributed by atoms with Gasteiger partial charge in [-0.25, -0.2) is 9.18 Å². The predicted octanol–water partition coefficient (Wildman–Crippen LogP) is 5.57. The van der Waals surface area contributed by atoms with Gasteiger partial charge in [-0.3, -0.25) is 4.90 Å². The lowest BCUT2D eigenvalue weighted by atomic mass is 9.98.